The molecule has 6 heteroatoms. The topological polar surface area (TPSA) is 70.4 Å². The maximum Gasteiger partial charge on any atom is 0.317 e. The fourth-order valence-electron chi connectivity index (χ4n) is 4.55. The molecule has 2 N–H and O–H groups in total. The minimum absolute atomic E-state index is 0.0682. The van der Waals surface area contributed by atoms with Crippen molar-refractivity contribution in [2.24, 2.45) is 13.0 Å². The Balaban J connectivity index is 1.25. The first-order valence-corrected chi connectivity index (χ1v) is 10.4. The van der Waals surface area contributed by atoms with Gasteiger partial charge in [0.2, 0.25) is 0 Å². The van der Waals surface area contributed by atoms with Gasteiger partial charge in [-0.2, -0.15) is 5.10 Å². The van der Waals surface area contributed by atoms with E-state index in [0.29, 0.717) is 11.7 Å². The third-order valence-electron chi connectivity index (χ3n) is 6.35. The molecule has 1 atom stereocenters. The van der Waals surface area contributed by atoms with Crippen LogP contribution in [0.3, 0.4) is 0 Å². The molecule has 150 valence electrons. The van der Waals surface area contributed by atoms with Crippen LogP contribution in [0.25, 0.3) is 0 Å². The van der Waals surface area contributed by atoms with E-state index in [4.69, 9.17) is 0 Å². The van der Waals surface area contributed by atoms with Gasteiger partial charge in [-0.05, 0) is 68.6 Å². The number of urea groups is 1. The maximum absolute atomic E-state index is 12.8. The molecule has 1 aliphatic heterocycles. The van der Waals surface area contributed by atoms with Crippen LogP contribution in [0.1, 0.15) is 55.0 Å². The number of aromatic hydroxyl groups is 1. The average molecular weight is 383 g/mol. The highest BCUT2D eigenvalue weighted by Crippen LogP contribution is 2.30. The Kier molecular flexibility index (Phi) is 5.55. The number of nitrogens with zero attached hydrogens (tertiary/aromatic N) is 3. The zero-order valence-electron chi connectivity index (χ0n) is 16.6. The normalized spacial score (nSPS) is 20.0. The first-order valence-electron chi connectivity index (χ1n) is 10.4. The number of rotatable bonds is 4. The number of phenolic OH excluding ortho intramolecular Hbond substituents is 1. The standard InChI is InChI=1S/C22H30N4O2/c1-25-21-4-2-3-20(19(21)15-23-25)24-22(28)26-13-11-17(12-14-26)6-5-16-7-9-18(27)10-8-16/h7-10,15,17,20,27H,2-6,11-14H2,1H3,(H,24,28)/t20-/m0/s1. The van der Waals surface area contributed by atoms with Crippen molar-refractivity contribution >= 4 is 6.03 Å². The van der Waals surface area contributed by atoms with E-state index in [1.807, 2.05) is 35.0 Å². The number of aromatic nitrogens is 2. The first-order chi connectivity index (χ1) is 13.6. The number of nitrogens with one attached hydrogen (secondary N) is 1. The second kappa shape index (κ2) is 8.25. The van der Waals surface area contributed by atoms with Crippen molar-refractivity contribution in [3.63, 3.8) is 0 Å². The van der Waals surface area contributed by atoms with Gasteiger partial charge in [-0.1, -0.05) is 12.1 Å². The van der Waals surface area contributed by atoms with Gasteiger partial charge in [-0.25, -0.2) is 4.79 Å². The summed E-state index contributed by atoms with van der Waals surface area (Å²) in [6.07, 6.45) is 9.34. The molecule has 1 aromatic carbocycles. The Morgan fingerprint density at radius 3 is 2.71 bits per heavy atom. The van der Waals surface area contributed by atoms with Crippen LogP contribution < -0.4 is 5.32 Å². The summed E-state index contributed by atoms with van der Waals surface area (Å²) >= 11 is 0. The minimum Gasteiger partial charge on any atom is -0.508 e. The Bertz CT molecular complexity index is 806. The van der Waals surface area contributed by atoms with Crippen LogP contribution in [0.4, 0.5) is 4.79 Å². The number of hydrogen-bond donors (Lipinski definition) is 2. The van der Waals surface area contributed by atoms with Gasteiger partial charge < -0.3 is 15.3 Å². The van der Waals surface area contributed by atoms with Crippen LogP contribution >= 0.6 is 0 Å². The van der Waals surface area contributed by atoms with Crippen LogP contribution in [0.15, 0.2) is 30.5 Å². The summed E-state index contributed by atoms with van der Waals surface area (Å²) in [5, 5.41) is 17.0. The van der Waals surface area contributed by atoms with Crippen molar-refractivity contribution in [3.05, 3.63) is 47.3 Å². The second-order valence-corrected chi connectivity index (χ2v) is 8.20. The molecule has 28 heavy (non-hydrogen) atoms. The summed E-state index contributed by atoms with van der Waals surface area (Å²) in [6, 6.07) is 7.65. The maximum atomic E-state index is 12.8. The molecule has 0 unspecified atom stereocenters. The van der Waals surface area contributed by atoms with E-state index in [1.54, 1.807) is 12.1 Å². The summed E-state index contributed by atoms with van der Waals surface area (Å²) < 4.78 is 1.94. The monoisotopic (exact) mass is 382 g/mol. The van der Waals surface area contributed by atoms with Crippen molar-refractivity contribution in [3.8, 4) is 5.75 Å². The molecule has 0 bridgehead atoms. The van der Waals surface area contributed by atoms with Gasteiger partial charge in [-0.3, -0.25) is 4.68 Å². The molecule has 1 aromatic heterocycles. The van der Waals surface area contributed by atoms with Crippen LogP contribution in [0.5, 0.6) is 5.75 Å². The summed E-state index contributed by atoms with van der Waals surface area (Å²) in [7, 11) is 1.98. The Labute approximate surface area is 166 Å². The molecule has 2 aromatic rings. The van der Waals surface area contributed by atoms with Gasteiger partial charge in [0, 0.05) is 31.4 Å². The molecule has 2 aliphatic rings. The van der Waals surface area contributed by atoms with Crippen LogP contribution in [-0.4, -0.2) is 38.9 Å². The molecule has 2 amide bonds. The quantitative estimate of drug-likeness (QED) is 0.849. The molecule has 0 saturated carbocycles. The number of carbonyl (C=O) groups excluding carboxylic acids is 1. The van der Waals surface area contributed by atoms with Crippen LogP contribution in [0, 0.1) is 5.92 Å². The highest BCUT2D eigenvalue weighted by molar-refractivity contribution is 5.75. The zero-order chi connectivity index (χ0) is 19.5. The van der Waals surface area contributed by atoms with Gasteiger partial charge >= 0.3 is 6.03 Å². The van der Waals surface area contributed by atoms with Gasteiger partial charge in [-0.15, -0.1) is 0 Å². The van der Waals surface area contributed by atoms with Crippen molar-refractivity contribution in [1.82, 2.24) is 20.0 Å². The predicted octanol–water partition coefficient (Wildman–Crippen LogP) is 3.56. The number of piperidine rings is 1. The molecule has 0 spiro atoms. The fourth-order valence-corrected chi connectivity index (χ4v) is 4.55. The smallest absolute Gasteiger partial charge is 0.317 e. The molecule has 1 fully saturated rings. The van der Waals surface area contributed by atoms with E-state index in [0.717, 1.165) is 58.0 Å². The molecular weight excluding hydrogens is 352 g/mol. The lowest BCUT2D eigenvalue weighted by atomic mass is 9.90. The Morgan fingerprint density at radius 2 is 1.96 bits per heavy atom. The lowest BCUT2D eigenvalue weighted by Crippen LogP contribution is -2.46. The number of benzene rings is 1. The van der Waals surface area contributed by atoms with Crippen molar-refractivity contribution in [2.75, 3.05) is 13.1 Å². The highest BCUT2D eigenvalue weighted by atomic mass is 16.3. The summed E-state index contributed by atoms with van der Waals surface area (Å²) in [4.78, 5) is 14.7. The Hall–Kier alpha value is -2.50. The summed E-state index contributed by atoms with van der Waals surface area (Å²) in [5.74, 6) is 0.983. The zero-order valence-corrected chi connectivity index (χ0v) is 16.6. The lowest BCUT2D eigenvalue weighted by molar-refractivity contribution is 0.164. The van der Waals surface area contributed by atoms with Gasteiger partial charge in [0.25, 0.3) is 0 Å². The molecule has 2 heterocycles. The molecule has 1 aliphatic carbocycles. The van der Waals surface area contributed by atoms with Crippen LogP contribution in [-0.2, 0) is 19.9 Å². The Morgan fingerprint density at radius 1 is 1.21 bits per heavy atom. The molecule has 6 nitrogen and oxygen atoms in total. The lowest BCUT2D eigenvalue weighted by Gasteiger charge is -2.34. The third kappa shape index (κ3) is 4.16. The van der Waals surface area contributed by atoms with Crippen LogP contribution in [0.2, 0.25) is 0 Å². The molecule has 4 rings (SSSR count). The van der Waals surface area contributed by atoms with E-state index in [-0.39, 0.29) is 12.1 Å². The van der Waals surface area contributed by atoms with Gasteiger partial charge in [0.15, 0.2) is 0 Å². The number of aryl methyl sites for hydroxylation is 2. The highest BCUT2D eigenvalue weighted by Gasteiger charge is 2.28. The largest absolute Gasteiger partial charge is 0.508 e. The number of amides is 2. The first kappa shape index (κ1) is 18.8. The predicted molar refractivity (Wildman–Crippen MR) is 108 cm³/mol. The van der Waals surface area contributed by atoms with Gasteiger partial charge in [0.1, 0.15) is 5.75 Å². The molecule has 0 radical (unpaired) electrons. The summed E-state index contributed by atoms with van der Waals surface area (Å²) in [6.45, 7) is 1.66. The van der Waals surface area contributed by atoms with Crippen molar-refractivity contribution in [1.29, 1.82) is 0 Å². The number of likely N-dealkylation sites (tertiary alicyclic amines) is 1. The second-order valence-electron chi connectivity index (χ2n) is 8.20. The third-order valence-corrected chi connectivity index (χ3v) is 6.35. The SMILES string of the molecule is Cn1ncc2c1CCC[C@@H]2NC(=O)N1CCC(CCc2ccc(O)cc2)CC1. The molecule has 1 saturated heterocycles. The number of hydrogen-bond acceptors (Lipinski definition) is 3. The van der Waals surface area contributed by atoms with Crippen molar-refractivity contribution < 1.29 is 9.90 Å². The molecular formula is C22H30N4O2. The number of phenols is 1. The minimum atomic E-state index is 0.0682. The fraction of sp³-hybridized carbons (Fsp3) is 0.545. The van der Waals surface area contributed by atoms with E-state index in [9.17, 15) is 9.90 Å². The van der Waals surface area contributed by atoms with E-state index in [2.05, 4.69) is 10.4 Å². The average Bonchev–Trinajstić information content (AvgIpc) is 3.10. The number of carbonyl (C=O) groups is 1. The van der Waals surface area contributed by atoms with Gasteiger partial charge in [0.05, 0.1) is 12.2 Å². The van der Waals surface area contributed by atoms with E-state index < -0.39 is 0 Å². The van der Waals surface area contributed by atoms with E-state index >= 15 is 0 Å². The van der Waals surface area contributed by atoms with Crippen molar-refractivity contribution in [2.45, 2.75) is 51.0 Å². The summed E-state index contributed by atoms with van der Waals surface area (Å²) in [5.41, 5.74) is 3.71. The van der Waals surface area contributed by atoms with E-state index in [1.165, 1.54) is 16.8 Å². The number of fused-ring (bicyclic) bond motifs is 1.